The molecule has 1 aliphatic rings. The Hall–Kier alpha value is -1.82. The van der Waals surface area contributed by atoms with Crippen molar-refractivity contribution in [3.05, 3.63) is 34.4 Å². The van der Waals surface area contributed by atoms with Gasteiger partial charge in [0.15, 0.2) is 0 Å². The van der Waals surface area contributed by atoms with Crippen molar-refractivity contribution in [2.24, 2.45) is 5.92 Å². The average Bonchev–Trinajstić information content (AvgIpc) is 2.40. The van der Waals surface area contributed by atoms with Gasteiger partial charge in [0.1, 0.15) is 5.54 Å². The molecule has 3 heteroatoms. The molecule has 0 saturated heterocycles. The number of carbonyl (C=O) groups is 1. The largest absolute Gasteiger partial charge is 0.334 e. The second kappa shape index (κ2) is 5.89. The molecule has 0 aliphatic heterocycles. The summed E-state index contributed by atoms with van der Waals surface area (Å²) in [6, 6.07) is 6.39. The quantitative estimate of drug-likeness (QED) is 0.897. The Morgan fingerprint density at radius 2 is 1.76 bits per heavy atom. The lowest BCUT2D eigenvalue weighted by atomic mass is 9.78. The van der Waals surface area contributed by atoms with Gasteiger partial charge in [0.25, 0.3) is 5.91 Å². The standard InChI is InChI=1S/C18H24N2O/c1-12-5-7-18(11-19,8-6-12)20-17(21)16-14(3)9-13(2)10-15(16)4/h9-10,12H,5-8H2,1-4H3,(H,20,21). The summed E-state index contributed by atoms with van der Waals surface area (Å²) in [5, 5.41) is 12.6. The Morgan fingerprint density at radius 3 is 2.24 bits per heavy atom. The summed E-state index contributed by atoms with van der Waals surface area (Å²) in [5.74, 6) is 0.535. The summed E-state index contributed by atoms with van der Waals surface area (Å²) in [6.45, 7) is 8.15. The molecule has 3 nitrogen and oxygen atoms in total. The maximum absolute atomic E-state index is 12.6. The number of benzene rings is 1. The highest BCUT2D eigenvalue weighted by Gasteiger charge is 2.36. The first-order valence-corrected chi connectivity index (χ1v) is 7.68. The van der Waals surface area contributed by atoms with E-state index in [-0.39, 0.29) is 5.91 Å². The van der Waals surface area contributed by atoms with Crippen molar-refractivity contribution in [2.45, 2.75) is 58.9 Å². The van der Waals surface area contributed by atoms with E-state index < -0.39 is 5.54 Å². The molecular weight excluding hydrogens is 260 g/mol. The normalized spacial score (nSPS) is 25.2. The molecule has 0 bridgehead atoms. The van der Waals surface area contributed by atoms with E-state index in [0.29, 0.717) is 11.5 Å². The zero-order valence-corrected chi connectivity index (χ0v) is 13.4. The number of rotatable bonds is 2. The molecule has 1 amide bonds. The van der Waals surface area contributed by atoms with Crippen molar-refractivity contribution in [1.29, 1.82) is 5.26 Å². The van der Waals surface area contributed by atoms with Crippen LogP contribution in [-0.4, -0.2) is 11.4 Å². The van der Waals surface area contributed by atoms with Gasteiger partial charge in [-0.05, 0) is 63.5 Å². The molecule has 0 unspecified atom stereocenters. The van der Waals surface area contributed by atoms with Crippen molar-refractivity contribution in [1.82, 2.24) is 5.32 Å². The molecule has 0 aromatic heterocycles. The van der Waals surface area contributed by atoms with Crippen LogP contribution in [0.4, 0.5) is 0 Å². The number of nitrogens with one attached hydrogen (secondary N) is 1. The zero-order chi connectivity index (χ0) is 15.6. The molecule has 1 N–H and O–H groups in total. The number of aryl methyl sites for hydroxylation is 3. The van der Waals surface area contributed by atoms with Crippen LogP contribution in [0.5, 0.6) is 0 Å². The molecule has 112 valence electrons. The second-order valence-corrected chi connectivity index (χ2v) is 6.60. The molecule has 1 aromatic rings. The summed E-state index contributed by atoms with van der Waals surface area (Å²) in [5.41, 5.74) is 3.13. The van der Waals surface area contributed by atoms with E-state index in [1.165, 1.54) is 0 Å². The van der Waals surface area contributed by atoms with Gasteiger partial charge in [-0.15, -0.1) is 0 Å². The third kappa shape index (κ3) is 3.26. The van der Waals surface area contributed by atoms with Crippen molar-refractivity contribution in [2.75, 3.05) is 0 Å². The van der Waals surface area contributed by atoms with E-state index in [9.17, 15) is 10.1 Å². The first kappa shape index (κ1) is 15.6. The number of nitriles is 1. The monoisotopic (exact) mass is 284 g/mol. The highest BCUT2D eigenvalue weighted by molar-refractivity contribution is 5.97. The van der Waals surface area contributed by atoms with Gasteiger partial charge in [0, 0.05) is 5.56 Å². The predicted octanol–water partition coefficient (Wildman–Crippen LogP) is 3.81. The molecule has 1 fully saturated rings. The molecule has 0 atom stereocenters. The van der Waals surface area contributed by atoms with Crippen LogP contribution in [0, 0.1) is 38.0 Å². The van der Waals surface area contributed by atoms with Crippen molar-refractivity contribution < 1.29 is 4.79 Å². The second-order valence-electron chi connectivity index (χ2n) is 6.60. The number of carbonyl (C=O) groups excluding carboxylic acids is 1. The first-order valence-electron chi connectivity index (χ1n) is 7.68. The van der Waals surface area contributed by atoms with Crippen LogP contribution >= 0.6 is 0 Å². The summed E-state index contributed by atoms with van der Waals surface area (Å²) in [7, 11) is 0. The predicted molar refractivity (Wildman–Crippen MR) is 84.1 cm³/mol. The van der Waals surface area contributed by atoms with Crippen LogP contribution in [0.3, 0.4) is 0 Å². The third-order valence-corrected chi connectivity index (χ3v) is 4.60. The Bertz CT molecular complexity index is 567. The van der Waals surface area contributed by atoms with E-state index in [1.807, 2.05) is 32.9 Å². The first-order chi connectivity index (χ1) is 9.87. The van der Waals surface area contributed by atoms with E-state index in [2.05, 4.69) is 18.3 Å². The van der Waals surface area contributed by atoms with Gasteiger partial charge in [-0.1, -0.05) is 24.6 Å². The Morgan fingerprint density at radius 1 is 1.24 bits per heavy atom. The lowest BCUT2D eigenvalue weighted by Crippen LogP contribution is -2.49. The van der Waals surface area contributed by atoms with Crippen molar-refractivity contribution >= 4 is 5.91 Å². The molecule has 2 rings (SSSR count). The summed E-state index contributed by atoms with van der Waals surface area (Å²) in [6.07, 6.45) is 3.50. The van der Waals surface area contributed by atoms with Crippen LogP contribution < -0.4 is 5.32 Å². The van der Waals surface area contributed by atoms with Crippen LogP contribution in [0.25, 0.3) is 0 Å². The highest BCUT2D eigenvalue weighted by Crippen LogP contribution is 2.32. The number of amides is 1. The fraction of sp³-hybridized carbons (Fsp3) is 0.556. The molecule has 0 spiro atoms. The van der Waals surface area contributed by atoms with Crippen LogP contribution in [0.2, 0.25) is 0 Å². The fourth-order valence-electron chi connectivity index (χ4n) is 3.34. The van der Waals surface area contributed by atoms with Gasteiger partial charge < -0.3 is 5.32 Å². The zero-order valence-electron chi connectivity index (χ0n) is 13.4. The number of nitrogens with zero attached hydrogens (tertiary/aromatic N) is 1. The SMILES string of the molecule is Cc1cc(C)c(C(=O)NC2(C#N)CCC(C)CC2)c(C)c1. The van der Waals surface area contributed by atoms with Crippen LogP contribution in [-0.2, 0) is 0 Å². The van der Waals surface area contributed by atoms with Gasteiger partial charge >= 0.3 is 0 Å². The van der Waals surface area contributed by atoms with Crippen LogP contribution in [0.15, 0.2) is 12.1 Å². The Labute approximate surface area is 127 Å². The van der Waals surface area contributed by atoms with Crippen molar-refractivity contribution in [3.8, 4) is 6.07 Å². The molecule has 1 aromatic carbocycles. The Balaban J connectivity index is 2.24. The molecule has 1 aliphatic carbocycles. The summed E-state index contributed by atoms with van der Waals surface area (Å²) >= 11 is 0. The molecule has 1 saturated carbocycles. The van der Waals surface area contributed by atoms with E-state index in [0.717, 1.165) is 42.4 Å². The maximum atomic E-state index is 12.6. The van der Waals surface area contributed by atoms with Gasteiger partial charge in [0.2, 0.25) is 0 Å². The lowest BCUT2D eigenvalue weighted by Gasteiger charge is -2.34. The summed E-state index contributed by atoms with van der Waals surface area (Å²) < 4.78 is 0. The number of hydrogen-bond acceptors (Lipinski definition) is 2. The minimum Gasteiger partial charge on any atom is -0.334 e. The molecular formula is C18H24N2O. The van der Waals surface area contributed by atoms with Crippen molar-refractivity contribution in [3.63, 3.8) is 0 Å². The molecule has 0 radical (unpaired) electrons. The Kier molecular flexibility index (Phi) is 4.37. The minimum absolute atomic E-state index is 0.110. The minimum atomic E-state index is -0.687. The molecule has 0 heterocycles. The van der Waals surface area contributed by atoms with Gasteiger partial charge in [0.05, 0.1) is 6.07 Å². The third-order valence-electron chi connectivity index (χ3n) is 4.60. The van der Waals surface area contributed by atoms with Gasteiger partial charge in [-0.25, -0.2) is 0 Å². The average molecular weight is 284 g/mol. The molecule has 21 heavy (non-hydrogen) atoms. The fourth-order valence-corrected chi connectivity index (χ4v) is 3.34. The maximum Gasteiger partial charge on any atom is 0.253 e. The smallest absolute Gasteiger partial charge is 0.253 e. The van der Waals surface area contributed by atoms with Crippen LogP contribution in [0.1, 0.15) is 59.7 Å². The van der Waals surface area contributed by atoms with E-state index in [1.54, 1.807) is 0 Å². The summed E-state index contributed by atoms with van der Waals surface area (Å²) in [4.78, 5) is 12.6. The lowest BCUT2D eigenvalue weighted by molar-refractivity contribution is 0.0892. The van der Waals surface area contributed by atoms with E-state index in [4.69, 9.17) is 0 Å². The van der Waals surface area contributed by atoms with E-state index >= 15 is 0 Å². The van der Waals surface area contributed by atoms with Gasteiger partial charge in [-0.3, -0.25) is 4.79 Å². The topological polar surface area (TPSA) is 52.9 Å². The van der Waals surface area contributed by atoms with Gasteiger partial charge in [-0.2, -0.15) is 5.26 Å². The number of hydrogen-bond donors (Lipinski definition) is 1. The highest BCUT2D eigenvalue weighted by atomic mass is 16.1.